The Bertz CT molecular complexity index is 1960. The van der Waals surface area contributed by atoms with Gasteiger partial charge in [0.05, 0.1) is 28.2 Å². The molecule has 0 bridgehead atoms. The van der Waals surface area contributed by atoms with Gasteiger partial charge < -0.3 is 14.0 Å². The zero-order chi connectivity index (χ0) is 32.1. The number of fused-ring (bicyclic) bond motifs is 2. The number of benzene rings is 2. The molecule has 8 nitrogen and oxygen atoms in total. The average Bonchev–Trinajstić information content (AvgIpc) is 3.57. The van der Waals surface area contributed by atoms with Gasteiger partial charge in [-0.2, -0.15) is 5.26 Å². The number of nitriles is 1. The molecule has 2 unspecified atom stereocenters. The Labute approximate surface area is 261 Å². The van der Waals surface area contributed by atoms with Gasteiger partial charge in [0.1, 0.15) is 22.9 Å². The lowest BCUT2D eigenvalue weighted by molar-refractivity contribution is 0.0188. The van der Waals surface area contributed by atoms with Crippen LogP contribution in [-0.4, -0.2) is 48.5 Å². The minimum Gasteiger partial charge on any atom is -0.366 e. The summed E-state index contributed by atoms with van der Waals surface area (Å²) >= 11 is 0. The van der Waals surface area contributed by atoms with E-state index in [4.69, 9.17) is 14.5 Å². The second-order valence-electron chi connectivity index (χ2n) is 13.4. The van der Waals surface area contributed by atoms with Gasteiger partial charge in [-0.3, -0.25) is 0 Å². The van der Waals surface area contributed by atoms with E-state index in [1.54, 1.807) is 26.3 Å². The quantitative estimate of drug-likeness (QED) is 0.135. The summed E-state index contributed by atoms with van der Waals surface area (Å²) in [6, 6.07) is 14.5. The smallest absolute Gasteiger partial charge is 0.248 e. The van der Waals surface area contributed by atoms with Crippen LogP contribution in [-0.2, 0) is 31.8 Å². The summed E-state index contributed by atoms with van der Waals surface area (Å²) in [4.78, 5) is 5.03. The highest BCUT2D eigenvalue weighted by Gasteiger charge is 2.41. The van der Waals surface area contributed by atoms with Crippen molar-refractivity contribution in [3.8, 4) is 6.07 Å². The molecule has 0 saturated carbocycles. The Balaban J connectivity index is 1.68. The first kappa shape index (κ1) is 31.9. The molecule has 232 valence electrons. The van der Waals surface area contributed by atoms with Crippen LogP contribution in [0.1, 0.15) is 49.7 Å². The van der Waals surface area contributed by atoms with Crippen LogP contribution in [0.25, 0.3) is 21.9 Å². The van der Waals surface area contributed by atoms with Crippen molar-refractivity contribution < 1.29 is 17.9 Å². The predicted molar refractivity (Wildman–Crippen MR) is 179 cm³/mol. The van der Waals surface area contributed by atoms with Gasteiger partial charge in [-0.05, 0) is 70.0 Å². The van der Waals surface area contributed by atoms with Crippen LogP contribution in [0, 0.1) is 18.3 Å². The molecule has 0 N–H and O–H groups in total. The van der Waals surface area contributed by atoms with Crippen molar-refractivity contribution >= 4 is 40.0 Å². The number of methoxy groups -OCH3 is 1. The first-order chi connectivity index (χ1) is 20.6. The van der Waals surface area contributed by atoms with E-state index in [9.17, 15) is 13.7 Å². The Hall–Kier alpha value is -3.49. The van der Waals surface area contributed by atoms with Crippen molar-refractivity contribution in [3.05, 3.63) is 88.9 Å². The summed E-state index contributed by atoms with van der Waals surface area (Å²) in [6.07, 6.45) is 7.77. The van der Waals surface area contributed by atoms with Gasteiger partial charge >= 0.3 is 0 Å². The second-order valence-corrected chi connectivity index (χ2v) is 21.3. The summed E-state index contributed by atoms with van der Waals surface area (Å²) in [5, 5.41) is 10.4. The SMILES string of the molecule is COC(C)(c1ccc(C)c2c1ccn2S(=O)(=O)C1(C)C=C(C)C=CC1)c1nc2ccc(C#N)cc2n1COCC[Si](C)(C)C. The van der Waals surface area contributed by atoms with E-state index in [0.717, 1.165) is 39.2 Å². The van der Waals surface area contributed by atoms with Crippen LogP contribution in [0.4, 0.5) is 0 Å². The normalized spacial score (nSPS) is 18.8. The Kier molecular flexibility index (Phi) is 8.31. The minimum absolute atomic E-state index is 0.242. The number of imidazole rings is 1. The number of ether oxygens (including phenoxy) is 2. The molecule has 0 radical (unpaired) electrons. The maximum Gasteiger partial charge on any atom is 0.248 e. The summed E-state index contributed by atoms with van der Waals surface area (Å²) in [7, 11) is -3.48. The van der Waals surface area contributed by atoms with E-state index in [0.29, 0.717) is 29.9 Å². The van der Waals surface area contributed by atoms with Crippen LogP contribution in [0.5, 0.6) is 0 Å². The van der Waals surface area contributed by atoms with Crippen molar-refractivity contribution in [3.63, 3.8) is 0 Å². The highest BCUT2D eigenvalue weighted by atomic mass is 32.2. The zero-order valence-corrected chi connectivity index (χ0v) is 28.7. The number of allylic oxidation sites excluding steroid dienone is 3. The Morgan fingerprint density at radius 1 is 1.16 bits per heavy atom. The zero-order valence-electron chi connectivity index (χ0n) is 26.9. The van der Waals surface area contributed by atoms with Crippen molar-refractivity contribution in [1.29, 1.82) is 5.26 Å². The number of hydrogen-bond acceptors (Lipinski definition) is 6. The van der Waals surface area contributed by atoms with Gasteiger partial charge in [-0.1, -0.05) is 55.6 Å². The number of rotatable bonds is 10. The van der Waals surface area contributed by atoms with Gasteiger partial charge in [0.2, 0.25) is 10.0 Å². The van der Waals surface area contributed by atoms with Crippen LogP contribution in [0.3, 0.4) is 0 Å². The molecule has 5 rings (SSSR count). The molecule has 0 fully saturated rings. The van der Waals surface area contributed by atoms with E-state index in [2.05, 4.69) is 25.7 Å². The van der Waals surface area contributed by atoms with Crippen LogP contribution >= 0.6 is 0 Å². The fourth-order valence-electron chi connectivity index (χ4n) is 6.03. The lowest BCUT2D eigenvalue weighted by Gasteiger charge is -2.31. The summed E-state index contributed by atoms with van der Waals surface area (Å²) in [5.41, 5.74) is 4.12. The van der Waals surface area contributed by atoms with Gasteiger partial charge in [-0.15, -0.1) is 0 Å². The number of hydrogen-bond donors (Lipinski definition) is 0. The number of aryl methyl sites for hydroxylation is 1. The van der Waals surface area contributed by atoms with Crippen LogP contribution in [0.2, 0.25) is 25.7 Å². The van der Waals surface area contributed by atoms with Crippen molar-refractivity contribution in [2.24, 2.45) is 0 Å². The third kappa shape index (κ3) is 5.47. The number of aromatic nitrogens is 3. The summed E-state index contributed by atoms with van der Waals surface area (Å²) in [6.45, 7) is 15.4. The molecule has 0 aliphatic heterocycles. The lowest BCUT2D eigenvalue weighted by Crippen LogP contribution is -2.38. The standard InChI is InChI=1S/C34H42N4O4SSi/c1-24-10-9-16-33(3,21-24)43(39,40)38-17-15-27-28(13-11-25(2)31(27)38)34(4,41-5)32-36-29-14-12-26(22-35)20-30(29)37(32)23-42-18-19-44(6,7)8/h9-15,17,20-21H,16,18-19,23H2,1-8H3. The fraction of sp³-hybridized carbons (Fsp3) is 0.412. The third-order valence-electron chi connectivity index (χ3n) is 8.74. The van der Waals surface area contributed by atoms with E-state index >= 15 is 0 Å². The average molecular weight is 631 g/mol. The molecule has 1 aliphatic carbocycles. The molecule has 44 heavy (non-hydrogen) atoms. The molecule has 0 spiro atoms. The Morgan fingerprint density at radius 2 is 1.91 bits per heavy atom. The summed E-state index contributed by atoms with van der Waals surface area (Å²) < 4.78 is 43.3. The van der Waals surface area contributed by atoms with Gasteiger partial charge in [-0.25, -0.2) is 17.4 Å². The first-order valence-electron chi connectivity index (χ1n) is 14.9. The predicted octanol–water partition coefficient (Wildman–Crippen LogP) is 7.24. The molecule has 0 saturated heterocycles. The third-order valence-corrected chi connectivity index (χ3v) is 12.7. The highest BCUT2D eigenvalue weighted by molar-refractivity contribution is 7.91. The first-order valence-corrected chi connectivity index (χ1v) is 20.1. The molecular formula is C34H42N4O4SSi. The molecule has 4 aromatic rings. The molecule has 2 aromatic heterocycles. The highest BCUT2D eigenvalue weighted by Crippen LogP contribution is 2.41. The topological polar surface area (TPSA) is 99.1 Å². The van der Waals surface area contributed by atoms with Gasteiger partial charge in [0.25, 0.3) is 0 Å². The van der Waals surface area contributed by atoms with E-state index in [-0.39, 0.29) is 6.73 Å². The van der Waals surface area contributed by atoms with E-state index in [1.807, 2.05) is 73.9 Å². The largest absolute Gasteiger partial charge is 0.366 e. The molecule has 1 aliphatic rings. The van der Waals surface area contributed by atoms with Crippen molar-refractivity contribution in [1.82, 2.24) is 13.5 Å². The van der Waals surface area contributed by atoms with Crippen LogP contribution in [0.15, 0.2) is 66.4 Å². The van der Waals surface area contributed by atoms with E-state index in [1.165, 1.54) is 3.97 Å². The second kappa shape index (κ2) is 11.5. The monoisotopic (exact) mass is 630 g/mol. The van der Waals surface area contributed by atoms with Crippen LogP contribution < -0.4 is 0 Å². The van der Waals surface area contributed by atoms with Gasteiger partial charge in [0, 0.05) is 38.9 Å². The minimum atomic E-state index is -3.82. The lowest BCUT2D eigenvalue weighted by atomic mass is 9.90. The van der Waals surface area contributed by atoms with Gasteiger partial charge in [0.15, 0.2) is 0 Å². The maximum absolute atomic E-state index is 14.2. The maximum atomic E-state index is 14.2. The molecule has 2 aromatic carbocycles. The molecule has 2 atom stereocenters. The molecule has 0 amide bonds. The molecule has 2 heterocycles. The van der Waals surface area contributed by atoms with Crippen molar-refractivity contribution in [2.75, 3.05) is 13.7 Å². The molecular weight excluding hydrogens is 589 g/mol. The van der Waals surface area contributed by atoms with Crippen molar-refractivity contribution in [2.45, 2.75) is 76.9 Å². The Morgan fingerprint density at radius 3 is 2.57 bits per heavy atom. The molecule has 10 heteroatoms. The fourth-order valence-corrected chi connectivity index (χ4v) is 8.58. The van der Waals surface area contributed by atoms with E-state index < -0.39 is 28.4 Å². The number of nitrogens with zero attached hydrogens (tertiary/aromatic N) is 4. The summed E-state index contributed by atoms with van der Waals surface area (Å²) in [5.74, 6) is 0.613.